The molecule has 2 N–H and O–H groups in total. The minimum atomic E-state index is 1.05. The topological polar surface area (TPSA) is 24.1 Å². The summed E-state index contributed by atoms with van der Waals surface area (Å²) in [5.41, 5.74) is 11.4. The van der Waals surface area contributed by atoms with Crippen molar-refractivity contribution in [2.75, 3.05) is 10.6 Å². The van der Waals surface area contributed by atoms with Gasteiger partial charge in [0.15, 0.2) is 0 Å². The molecule has 0 spiro atoms. The molecule has 0 fully saturated rings. The number of nitrogens with one attached hydrogen (secondary N) is 2. The first-order valence-electron chi connectivity index (χ1n) is 15.7. The first-order chi connectivity index (χ1) is 22.8. The number of hydrogen-bond donors (Lipinski definition) is 2. The molecule has 2 heteroatoms. The molecule has 0 aliphatic carbocycles. The highest BCUT2D eigenvalue weighted by Crippen LogP contribution is 2.42. The van der Waals surface area contributed by atoms with E-state index in [9.17, 15) is 0 Å². The van der Waals surface area contributed by atoms with Gasteiger partial charge < -0.3 is 10.6 Å². The molecule has 8 aromatic carbocycles. The molecule has 218 valence electrons. The molecule has 8 aromatic rings. The molecule has 0 heterocycles. The monoisotopic (exact) mass is 588 g/mol. The summed E-state index contributed by atoms with van der Waals surface area (Å²) in [4.78, 5) is 0. The van der Waals surface area contributed by atoms with Gasteiger partial charge in [-0.05, 0) is 80.6 Å². The standard InChI is InChI=1S/C44H32N2/c1-3-13-33(14-4-1)41-29-35(45-43-23-11-19-31-17-7-9-21-37(31)43)25-27-39(41)40-28-26-36(30-42(40)34-15-5-2-6-16-34)46-44-24-12-20-32-18-8-10-22-38(32)44/h1-30,45-46H. The van der Waals surface area contributed by atoms with Crippen LogP contribution in [0, 0.1) is 0 Å². The lowest BCUT2D eigenvalue weighted by atomic mass is 9.88. The highest BCUT2D eigenvalue weighted by molar-refractivity contribution is 5.99. The van der Waals surface area contributed by atoms with Gasteiger partial charge in [0.2, 0.25) is 0 Å². The van der Waals surface area contributed by atoms with Crippen molar-refractivity contribution < 1.29 is 0 Å². The van der Waals surface area contributed by atoms with Gasteiger partial charge in [-0.25, -0.2) is 0 Å². The molecule has 0 atom stereocenters. The Labute approximate surface area is 269 Å². The lowest BCUT2D eigenvalue weighted by molar-refractivity contribution is 1.52. The van der Waals surface area contributed by atoms with Gasteiger partial charge in [-0.3, -0.25) is 0 Å². The van der Waals surface area contributed by atoms with E-state index in [0.717, 1.165) is 22.7 Å². The van der Waals surface area contributed by atoms with E-state index in [0.29, 0.717) is 0 Å². The second-order valence-electron chi connectivity index (χ2n) is 11.6. The molecular formula is C44H32N2. The zero-order chi connectivity index (χ0) is 30.7. The molecule has 0 saturated heterocycles. The fourth-order valence-corrected chi connectivity index (χ4v) is 6.41. The summed E-state index contributed by atoms with van der Waals surface area (Å²) in [6.07, 6.45) is 0. The Kier molecular flexibility index (Phi) is 7.22. The average Bonchev–Trinajstić information content (AvgIpc) is 3.13. The van der Waals surface area contributed by atoms with Crippen LogP contribution in [0.5, 0.6) is 0 Å². The Morgan fingerprint density at radius 1 is 0.283 bits per heavy atom. The summed E-state index contributed by atoms with van der Waals surface area (Å²) in [6, 6.07) is 64.7. The van der Waals surface area contributed by atoms with Crippen LogP contribution in [0.4, 0.5) is 22.7 Å². The lowest BCUT2D eigenvalue weighted by Gasteiger charge is -2.19. The zero-order valence-electron chi connectivity index (χ0n) is 25.3. The second kappa shape index (κ2) is 12.1. The third kappa shape index (κ3) is 5.38. The van der Waals surface area contributed by atoms with Gasteiger partial charge in [0.1, 0.15) is 0 Å². The minimum Gasteiger partial charge on any atom is -0.355 e. The Morgan fingerprint density at radius 3 is 1.13 bits per heavy atom. The third-order valence-corrected chi connectivity index (χ3v) is 8.64. The smallest absolute Gasteiger partial charge is 0.0463 e. The highest BCUT2D eigenvalue weighted by atomic mass is 14.9. The van der Waals surface area contributed by atoms with Gasteiger partial charge in [0.25, 0.3) is 0 Å². The van der Waals surface area contributed by atoms with Crippen LogP contribution in [0.2, 0.25) is 0 Å². The van der Waals surface area contributed by atoms with Gasteiger partial charge in [-0.15, -0.1) is 0 Å². The Balaban J connectivity index is 1.25. The lowest BCUT2D eigenvalue weighted by Crippen LogP contribution is -1.96. The number of anilines is 4. The second-order valence-corrected chi connectivity index (χ2v) is 11.6. The van der Waals surface area contributed by atoms with Crippen molar-refractivity contribution >= 4 is 44.3 Å². The number of hydrogen-bond acceptors (Lipinski definition) is 2. The fourth-order valence-electron chi connectivity index (χ4n) is 6.41. The van der Waals surface area contributed by atoms with Crippen molar-refractivity contribution in [3.8, 4) is 33.4 Å². The Hall–Kier alpha value is -6.12. The molecule has 46 heavy (non-hydrogen) atoms. The maximum atomic E-state index is 3.72. The van der Waals surface area contributed by atoms with Crippen molar-refractivity contribution in [3.63, 3.8) is 0 Å². The van der Waals surface area contributed by atoms with Crippen LogP contribution in [0.3, 0.4) is 0 Å². The van der Waals surface area contributed by atoms with Crippen LogP contribution in [-0.2, 0) is 0 Å². The van der Waals surface area contributed by atoms with Gasteiger partial charge in [-0.1, -0.05) is 146 Å². The highest BCUT2D eigenvalue weighted by Gasteiger charge is 2.15. The van der Waals surface area contributed by atoms with E-state index in [1.807, 2.05) is 0 Å². The molecule has 0 unspecified atom stereocenters. The molecule has 0 aliphatic heterocycles. The van der Waals surface area contributed by atoms with Gasteiger partial charge in [0.05, 0.1) is 0 Å². The largest absolute Gasteiger partial charge is 0.355 e. The van der Waals surface area contributed by atoms with Crippen molar-refractivity contribution in [1.29, 1.82) is 0 Å². The summed E-state index contributed by atoms with van der Waals surface area (Å²) >= 11 is 0. The predicted octanol–water partition coefficient (Wildman–Crippen LogP) is 12.5. The molecule has 2 nitrogen and oxygen atoms in total. The third-order valence-electron chi connectivity index (χ3n) is 8.64. The molecular weight excluding hydrogens is 556 g/mol. The summed E-state index contributed by atoms with van der Waals surface area (Å²) < 4.78 is 0. The summed E-state index contributed by atoms with van der Waals surface area (Å²) in [7, 11) is 0. The quantitative estimate of drug-likeness (QED) is 0.193. The van der Waals surface area contributed by atoms with E-state index < -0.39 is 0 Å². The SMILES string of the molecule is c1ccc(-c2cc(Nc3cccc4ccccc34)ccc2-c2ccc(Nc3cccc4ccccc34)cc2-c2ccccc2)cc1. The molecule has 0 saturated carbocycles. The molecule has 8 rings (SSSR count). The van der Waals surface area contributed by atoms with E-state index in [4.69, 9.17) is 0 Å². The first-order valence-corrected chi connectivity index (χ1v) is 15.7. The first kappa shape index (κ1) is 27.4. The average molecular weight is 589 g/mol. The number of rotatable bonds is 7. The van der Waals surface area contributed by atoms with E-state index >= 15 is 0 Å². The van der Waals surface area contributed by atoms with Crippen LogP contribution in [0.25, 0.3) is 54.9 Å². The molecule has 0 radical (unpaired) electrons. The molecule has 0 aromatic heterocycles. The van der Waals surface area contributed by atoms with Crippen LogP contribution in [0.1, 0.15) is 0 Å². The minimum absolute atomic E-state index is 1.05. The van der Waals surface area contributed by atoms with Crippen LogP contribution in [-0.4, -0.2) is 0 Å². The maximum absolute atomic E-state index is 3.72. The van der Waals surface area contributed by atoms with Crippen molar-refractivity contribution in [1.82, 2.24) is 0 Å². The van der Waals surface area contributed by atoms with Crippen LogP contribution >= 0.6 is 0 Å². The Morgan fingerprint density at radius 2 is 0.674 bits per heavy atom. The van der Waals surface area contributed by atoms with Gasteiger partial charge in [0, 0.05) is 33.5 Å². The van der Waals surface area contributed by atoms with E-state index in [-0.39, 0.29) is 0 Å². The van der Waals surface area contributed by atoms with Crippen LogP contribution < -0.4 is 10.6 Å². The van der Waals surface area contributed by atoms with Crippen molar-refractivity contribution in [3.05, 3.63) is 182 Å². The van der Waals surface area contributed by atoms with Crippen molar-refractivity contribution in [2.45, 2.75) is 0 Å². The van der Waals surface area contributed by atoms with Gasteiger partial charge in [-0.2, -0.15) is 0 Å². The van der Waals surface area contributed by atoms with Gasteiger partial charge >= 0.3 is 0 Å². The van der Waals surface area contributed by atoms with E-state index in [1.54, 1.807) is 0 Å². The summed E-state index contributed by atoms with van der Waals surface area (Å²) in [6.45, 7) is 0. The van der Waals surface area contributed by atoms with E-state index in [1.165, 1.54) is 54.9 Å². The van der Waals surface area contributed by atoms with Crippen molar-refractivity contribution in [2.24, 2.45) is 0 Å². The van der Waals surface area contributed by atoms with Crippen LogP contribution in [0.15, 0.2) is 182 Å². The maximum Gasteiger partial charge on any atom is 0.0463 e. The molecule has 0 bridgehead atoms. The normalized spacial score (nSPS) is 11.0. The zero-order valence-corrected chi connectivity index (χ0v) is 25.3. The van der Waals surface area contributed by atoms with E-state index in [2.05, 4.69) is 193 Å². The fraction of sp³-hybridized carbons (Fsp3) is 0. The summed E-state index contributed by atoms with van der Waals surface area (Å²) in [5.74, 6) is 0. The molecule has 0 aliphatic rings. The summed E-state index contributed by atoms with van der Waals surface area (Å²) in [5, 5.41) is 12.3. The predicted molar refractivity (Wildman–Crippen MR) is 197 cm³/mol. The number of fused-ring (bicyclic) bond motifs is 2. The Bertz CT molecular complexity index is 2130. The molecule has 0 amide bonds. The number of benzene rings is 8.